The molecule has 0 amide bonds. The second-order valence-corrected chi connectivity index (χ2v) is 8.92. The van der Waals surface area contributed by atoms with Crippen molar-refractivity contribution in [1.29, 1.82) is 0 Å². The number of aromatic nitrogens is 1. The van der Waals surface area contributed by atoms with Crippen LogP contribution in [0.2, 0.25) is 0 Å². The van der Waals surface area contributed by atoms with Crippen molar-refractivity contribution in [3.63, 3.8) is 0 Å². The van der Waals surface area contributed by atoms with Gasteiger partial charge in [-0.05, 0) is 12.1 Å². The summed E-state index contributed by atoms with van der Waals surface area (Å²) in [6, 6.07) is 8.47. The van der Waals surface area contributed by atoms with Crippen LogP contribution < -0.4 is 0 Å². The Kier molecular flexibility index (Phi) is 5.06. The van der Waals surface area contributed by atoms with Crippen LogP contribution in [-0.2, 0) is 16.6 Å². The number of β-amino-alcohol motifs (C(OH)–C–C–N with tert-alkyl or cyclic N) is 1. The molecule has 0 spiro atoms. The Balaban J connectivity index is 1.71. The zero-order valence-corrected chi connectivity index (χ0v) is 15.1. The number of likely N-dealkylation sites (tertiary alicyclic amines) is 1. The number of aliphatic hydroxyl groups is 1. The first-order valence-corrected chi connectivity index (χ1v) is 9.72. The van der Waals surface area contributed by atoms with Crippen LogP contribution in [0.15, 0.2) is 30.3 Å². The van der Waals surface area contributed by atoms with E-state index in [1.807, 2.05) is 17.0 Å². The highest BCUT2D eigenvalue weighted by atomic mass is 32.2. The highest BCUT2D eigenvalue weighted by Crippen LogP contribution is 2.22. The standard InChI is InChI=1S/C17H22FN3O3S/c1-20(2)25(23,24)11-13-8-21(10-16(13)22)9-14-7-6-12-4-3-5-15(18)17(12)19-14/h3-7,13,16,22H,8-11H2,1-2H3/t13-,16+/m0/s1. The van der Waals surface area contributed by atoms with Gasteiger partial charge in [-0.3, -0.25) is 4.90 Å². The number of para-hydroxylation sites is 1. The molecule has 1 saturated heterocycles. The Morgan fingerprint density at radius 1 is 1.28 bits per heavy atom. The fourth-order valence-electron chi connectivity index (χ4n) is 3.12. The van der Waals surface area contributed by atoms with E-state index in [0.717, 1.165) is 5.39 Å². The molecule has 1 aromatic carbocycles. The third-order valence-electron chi connectivity index (χ3n) is 4.58. The minimum Gasteiger partial charge on any atom is -0.391 e. The molecule has 2 aromatic rings. The molecule has 8 heteroatoms. The number of sulfonamides is 1. The van der Waals surface area contributed by atoms with Crippen LogP contribution in [0.5, 0.6) is 0 Å². The summed E-state index contributed by atoms with van der Waals surface area (Å²) in [6.45, 7) is 1.29. The highest BCUT2D eigenvalue weighted by Gasteiger charge is 2.35. The van der Waals surface area contributed by atoms with E-state index in [9.17, 15) is 17.9 Å². The predicted octanol–water partition coefficient (Wildman–Crippen LogP) is 1.06. The van der Waals surface area contributed by atoms with Crippen molar-refractivity contribution in [2.45, 2.75) is 12.6 Å². The molecule has 6 nitrogen and oxygen atoms in total. The average Bonchev–Trinajstić information content (AvgIpc) is 2.87. The predicted molar refractivity (Wildman–Crippen MR) is 93.9 cm³/mol. The van der Waals surface area contributed by atoms with Gasteiger partial charge in [0.15, 0.2) is 0 Å². The maximum Gasteiger partial charge on any atom is 0.214 e. The third kappa shape index (κ3) is 3.98. The monoisotopic (exact) mass is 367 g/mol. The first-order chi connectivity index (χ1) is 11.8. The molecule has 0 bridgehead atoms. The Morgan fingerprint density at radius 3 is 2.76 bits per heavy atom. The van der Waals surface area contributed by atoms with Gasteiger partial charge in [0.2, 0.25) is 10.0 Å². The van der Waals surface area contributed by atoms with Gasteiger partial charge in [0.25, 0.3) is 0 Å². The SMILES string of the molecule is CN(C)S(=O)(=O)C[C@@H]1CN(Cc2ccc3cccc(F)c3n2)C[C@H]1O. The Bertz CT molecular complexity index is 873. The summed E-state index contributed by atoms with van der Waals surface area (Å²) in [6.07, 6.45) is -0.702. The van der Waals surface area contributed by atoms with E-state index in [4.69, 9.17) is 0 Å². The van der Waals surface area contributed by atoms with E-state index in [2.05, 4.69) is 4.98 Å². The summed E-state index contributed by atoms with van der Waals surface area (Å²) in [5.74, 6) is -0.794. The number of hydrogen-bond donors (Lipinski definition) is 1. The lowest BCUT2D eigenvalue weighted by atomic mass is 10.1. The van der Waals surface area contributed by atoms with Crippen molar-refractivity contribution < 1.29 is 17.9 Å². The number of hydrogen-bond acceptors (Lipinski definition) is 5. The van der Waals surface area contributed by atoms with Crippen molar-refractivity contribution in [2.75, 3.05) is 32.9 Å². The summed E-state index contributed by atoms with van der Waals surface area (Å²) < 4.78 is 39.1. The van der Waals surface area contributed by atoms with Crippen LogP contribution in [-0.4, -0.2) is 66.8 Å². The molecular weight excluding hydrogens is 345 g/mol. The Labute approximate surface area is 146 Å². The number of aliphatic hydroxyl groups excluding tert-OH is 1. The maximum absolute atomic E-state index is 13.9. The zero-order valence-electron chi connectivity index (χ0n) is 14.3. The van der Waals surface area contributed by atoms with Crippen molar-refractivity contribution >= 4 is 20.9 Å². The zero-order chi connectivity index (χ0) is 18.2. The smallest absolute Gasteiger partial charge is 0.214 e. The largest absolute Gasteiger partial charge is 0.391 e. The van der Waals surface area contributed by atoms with Crippen LogP contribution in [0.4, 0.5) is 4.39 Å². The van der Waals surface area contributed by atoms with E-state index >= 15 is 0 Å². The minimum absolute atomic E-state index is 0.0859. The van der Waals surface area contributed by atoms with Crippen molar-refractivity contribution in [2.24, 2.45) is 5.92 Å². The number of halogens is 1. The first-order valence-electron chi connectivity index (χ1n) is 8.11. The number of pyridine rings is 1. The maximum atomic E-state index is 13.9. The summed E-state index contributed by atoms with van der Waals surface area (Å²) in [4.78, 5) is 6.32. The minimum atomic E-state index is -3.36. The highest BCUT2D eigenvalue weighted by molar-refractivity contribution is 7.89. The van der Waals surface area contributed by atoms with Crippen molar-refractivity contribution in [3.05, 3.63) is 41.8 Å². The van der Waals surface area contributed by atoms with E-state index in [-0.39, 0.29) is 17.5 Å². The summed E-state index contributed by atoms with van der Waals surface area (Å²) >= 11 is 0. The third-order valence-corrected chi connectivity index (χ3v) is 6.54. The van der Waals surface area contributed by atoms with Crippen molar-refractivity contribution in [3.8, 4) is 0 Å². The normalized spacial score (nSPS) is 22.1. The number of fused-ring (bicyclic) bond motifs is 1. The fraction of sp³-hybridized carbons (Fsp3) is 0.471. The molecule has 0 saturated carbocycles. The van der Waals surface area contributed by atoms with Gasteiger partial charge in [0, 0.05) is 45.0 Å². The van der Waals surface area contributed by atoms with Crippen LogP contribution in [0, 0.1) is 11.7 Å². The molecular formula is C17H22FN3O3S. The molecule has 1 N–H and O–H groups in total. The van der Waals surface area contributed by atoms with E-state index in [0.29, 0.717) is 30.8 Å². The Hall–Kier alpha value is -1.61. The van der Waals surface area contributed by atoms with Gasteiger partial charge in [-0.15, -0.1) is 0 Å². The van der Waals surface area contributed by atoms with Crippen LogP contribution in [0.1, 0.15) is 5.69 Å². The topological polar surface area (TPSA) is 73.7 Å². The van der Waals surface area contributed by atoms with Gasteiger partial charge in [0.05, 0.1) is 17.6 Å². The first kappa shape index (κ1) is 18.2. The van der Waals surface area contributed by atoms with E-state index in [1.165, 1.54) is 24.5 Å². The van der Waals surface area contributed by atoms with Gasteiger partial charge in [-0.25, -0.2) is 22.1 Å². The molecule has 0 radical (unpaired) electrons. The molecule has 1 aliphatic rings. The molecule has 2 atom stereocenters. The summed E-state index contributed by atoms with van der Waals surface area (Å²) in [7, 11) is -0.388. The molecule has 0 unspecified atom stereocenters. The molecule has 3 rings (SSSR count). The number of benzene rings is 1. The van der Waals surface area contributed by atoms with E-state index in [1.54, 1.807) is 12.1 Å². The van der Waals surface area contributed by atoms with Crippen LogP contribution in [0.25, 0.3) is 10.9 Å². The lowest BCUT2D eigenvalue weighted by Crippen LogP contribution is -2.33. The molecule has 1 fully saturated rings. The number of nitrogens with zero attached hydrogens (tertiary/aromatic N) is 3. The van der Waals surface area contributed by atoms with Gasteiger partial charge in [-0.1, -0.05) is 18.2 Å². The van der Waals surface area contributed by atoms with E-state index < -0.39 is 16.1 Å². The van der Waals surface area contributed by atoms with Gasteiger partial charge >= 0.3 is 0 Å². The molecule has 1 aliphatic heterocycles. The molecule has 136 valence electrons. The van der Waals surface area contributed by atoms with Crippen molar-refractivity contribution in [1.82, 2.24) is 14.2 Å². The summed E-state index contributed by atoms with van der Waals surface area (Å²) in [5, 5.41) is 10.9. The quantitative estimate of drug-likeness (QED) is 0.855. The lowest BCUT2D eigenvalue weighted by Gasteiger charge is -2.18. The lowest BCUT2D eigenvalue weighted by molar-refractivity contribution is 0.148. The molecule has 25 heavy (non-hydrogen) atoms. The van der Waals surface area contributed by atoms with Crippen LogP contribution >= 0.6 is 0 Å². The molecule has 2 heterocycles. The second-order valence-electron chi connectivity index (χ2n) is 6.70. The number of rotatable bonds is 5. The van der Waals surface area contributed by atoms with Crippen LogP contribution in [0.3, 0.4) is 0 Å². The second kappa shape index (κ2) is 6.95. The van der Waals surface area contributed by atoms with Gasteiger partial charge in [-0.2, -0.15) is 0 Å². The van der Waals surface area contributed by atoms with Gasteiger partial charge < -0.3 is 5.11 Å². The molecule has 1 aromatic heterocycles. The summed E-state index contributed by atoms with van der Waals surface area (Å²) in [5.41, 5.74) is 1.02. The molecule has 0 aliphatic carbocycles. The van der Waals surface area contributed by atoms with Gasteiger partial charge in [0.1, 0.15) is 11.3 Å². The fourth-order valence-corrected chi connectivity index (χ4v) is 4.29. The average molecular weight is 367 g/mol. The Morgan fingerprint density at radius 2 is 2.04 bits per heavy atom.